The molecule has 19 heavy (non-hydrogen) atoms. The van der Waals surface area contributed by atoms with Gasteiger partial charge in [-0.05, 0) is 37.3 Å². The molecule has 1 unspecified atom stereocenters. The van der Waals surface area contributed by atoms with Crippen molar-refractivity contribution < 1.29 is 4.79 Å². The van der Waals surface area contributed by atoms with Crippen molar-refractivity contribution in [2.75, 3.05) is 6.54 Å². The quantitative estimate of drug-likeness (QED) is 0.913. The highest BCUT2D eigenvalue weighted by Gasteiger charge is 2.10. The minimum atomic E-state index is 0.00136. The van der Waals surface area contributed by atoms with Crippen LogP contribution in [0.1, 0.15) is 28.7 Å². The number of amides is 1. The minimum absolute atomic E-state index is 0.00136. The van der Waals surface area contributed by atoms with Crippen molar-refractivity contribution in [1.82, 2.24) is 15.1 Å². The molecule has 1 N–H and O–H groups in total. The van der Waals surface area contributed by atoms with Crippen molar-refractivity contribution in [2.45, 2.75) is 27.3 Å². The maximum atomic E-state index is 11.8. The fourth-order valence-corrected chi connectivity index (χ4v) is 2.62. The number of thiophene rings is 1. The second-order valence-electron chi connectivity index (χ2n) is 4.94. The molecule has 2 rings (SSSR count). The van der Waals surface area contributed by atoms with Crippen molar-refractivity contribution in [2.24, 2.45) is 5.92 Å². The number of carbonyl (C=O) groups is 1. The van der Waals surface area contributed by atoms with Crippen LogP contribution in [0.15, 0.2) is 22.9 Å². The van der Waals surface area contributed by atoms with Gasteiger partial charge in [0.25, 0.3) is 5.91 Å². The van der Waals surface area contributed by atoms with Gasteiger partial charge >= 0.3 is 0 Å². The average molecular weight is 277 g/mol. The fourth-order valence-electron chi connectivity index (χ4n) is 1.98. The summed E-state index contributed by atoms with van der Waals surface area (Å²) in [5.74, 6) is 0.349. The van der Waals surface area contributed by atoms with Gasteiger partial charge in [-0.3, -0.25) is 9.48 Å². The Labute approximate surface area is 117 Å². The van der Waals surface area contributed by atoms with E-state index in [2.05, 4.69) is 30.3 Å². The summed E-state index contributed by atoms with van der Waals surface area (Å²) in [6.45, 7) is 7.64. The number of hydrogen-bond acceptors (Lipinski definition) is 3. The third-order valence-corrected chi connectivity index (χ3v) is 3.67. The predicted octanol–water partition coefficient (Wildman–Crippen LogP) is 2.63. The van der Waals surface area contributed by atoms with Gasteiger partial charge in [-0.25, -0.2) is 0 Å². The number of aromatic nitrogens is 2. The maximum absolute atomic E-state index is 11.8. The zero-order chi connectivity index (χ0) is 13.8. The van der Waals surface area contributed by atoms with Crippen LogP contribution >= 0.6 is 11.3 Å². The van der Waals surface area contributed by atoms with Gasteiger partial charge in [0.05, 0.1) is 5.69 Å². The molecule has 0 radical (unpaired) electrons. The predicted molar refractivity (Wildman–Crippen MR) is 77.5 cm³/mol. The molecule has 1 atom stereocenters. The SMILES string of the molecule is Cc1cc(C)n(CC(C)CNC(=O)c2ccsc2)n1. The lowest BCUT2D eigenvalue weighted by molar-refractivity contribution is 0.0947. The van der Waals surface area contributed by atoms with E-state index in [0.717, 1.165) is 23.5 Å². The van der Waals surface area contributed by atoms with Gasteiger partial charge in [-0.2, -0.15) is 16.4 Å². The van der Waals surface area contributed by atoms with Crippen molar-refractivity contribution in [3.63, 3.8) is 0 Å². The molecule has 2 aromatic heterocycles. The minimum Gasteiger partial charge on any atom is -0.352 e. The highest BCUT2D eigenvalue weighted by Crippen LogP contribution is 2.08. The van der Waals surface area contributed by atoms with Gasteiger partial charge in [0.15, 0.2) is 0 Å². The van der Waals surface area contributed by atoms with E-state index in [1.807, 2.05) is 28.4 Å². The van der Waals surface area contributed by atoms with Crippen LogP contribution in [-0.4, -0.2) is 22.2 Å². The van der Waals surface area contributed by atoms with Gasteiger partial charge in [-0.15, -0.1) is 0 Å². The Balaban J connectivity index is 1.83. The summed E-state index contributed by atoms with van der Waals surface area (Å²) in [5, 5.41) is 11.2. The van der Waals surface area contributed by atoms with Crippen LogP contribution in [0.4, 0.5) is 0 Å². The normalized spacial score (nSPS) is 12.4. The Kier molecular flexibility index (Phi) is 4.37. The second kappa shape index (κ2) is 6.02. The van der Waals surface area contributed by atoms with Gasteiger partial charge in [0, 0.05) is 29.7 Å². The summed E-state index contributed by atoms with van der Waals surface area (Å²) in [6, 6.07) is 3.91. The molecule has 0 aliphatic rings. The lowest BCUT2D eigenvalue weighted by atomic mass is 10.1. The van der Waals surface area contributed by atoms with Gasteiger partial charge in [-0.1, -0.05) is 6.92 Å². The van der Waals surface area contributed by atoms with Crippen molar-refractivity contribution in [1.29, 1.82) is 0 Å². The molecule has 4 nitrogen and oxygen atoms in total. The molecule has 0 bridgehead atoms. The molecule has 0 saturated carbocycles. The molecule has 0 saturated heterocycles. The molecular formula is C14H19N3OS. The van der Waals surface area contributed by atoms with Crippen LogP contribution in [0, 0.1) is 19.8 Å². The van der Waals surface area contributed by atoms with Crippen LogP contribution < -0.4 is 5.32 Å². The molecule has 2 aromatic rings. The smallest absolute Gasteiger partial charge is 0.252 e. The summed E-state index contributed by atoms with van der Waals surface area (Å²) in [7, 11) is 0. The maximum Gasteiger partial charge on any atom is 0.252 e. The Morgan fingerprint density at radius 1 is 1.53 bits per heavy atom. The summed E-state index contributed by atoms with van der Waals surface area (Å²) in [4.78, 5) is 11.8. The number of aryl methyl sites for hydroxylation is 2. The zero-order valence-corrected chi connectivity index (χ0v) is 12.3. The van der Waals surface area contributed by atoms with E-state index in [4.69, 9.17) is 0 Å². The third kappa shape index (κ3) is 3.67. The lowest BCUT2D eigenvalue weighted by Gasteiger charge is -2.13. The van der Waals surface area contributed by atoms with E-state index in [1.165, 1.54) is 11.3 Å². The fraction of sp³-hybridized carbons (Fsp3) is 0.429. The number of hydrogen-bond donors (Lipinski definition) is 1. The Bertz CT molecular complexity index is 545. The first kappa shape index (κ1) is 13.8. The summed E-state index contributed by atoms with van der Waals surface area (Å²) >= 11 is 1.53. The van der Waals surface area contributed by atoms with Crippen molar-refractivity contribution >= 4 is 17.2 Å². The monoisotopic (exact) mass is 277 g/mol. The Morgan fingerprint density at radius 3 is 2.89 bits per heavy atom. The molecule has 0 fully saturated rings. The Hall–Kier alpha value is -1.62. The molecule has 1 amide bonds. The number of nitrogens with one attached hydrogen (secondary N) is 1. The highest BCUT2D eigenvalue weighted by molar-refractivity contribution is 7.08. The lowest BCUT2D eigenvalue weighted by Crippen LogP contribution is -2.30. The molecule has 2 heterocycles. The molecule has 0 spiro atoms. The molecular weight excluding hydrogens is 258 g/mol. The van der Waals surface area contributed by atoms with E-state index >= 15 is 0 Å². The molecule has 0 aliphatic carbocycles. The molecule has 0 aliphatic heterocycles. The first-order chi connectivity index (χ1) is 9.06. The first-order valence-corrected chi connectivity index (χ1v) is 7.32. The van der Waals surface area contributed by atoms with Crippen molar-refractivity contribution in [3.8, 4) is 0 Å². The van der Waals surface area contributed by atoms with Crippen molar-refractivity contribution in [3.05, 3.63) is 39.8 Å². The second-order valence-corrected chi connectivity index (χ2v) is 5.72. The summed E-state index contributed by atoms with van der Waals surface area (Å²) in [6.07, 6.45) is 0. The molecule has 102 valence electrons. The number of rotatable bonds is 5. The Morgan fingerprint density at radius 2 is 2.32 bits per heavy atom. The van der Waals surface area contributed by atoms with Crippen LogP contribution in [0.25, 0.3) is 0 Å². The van der Waals surface area contributed by atoms with Crippen LogP contribution in [0.2, 0.25) is 0 Å². The molecule has 5 heteroatoms. The highest BCUT2D eigenvalue weighted by atomic mass is 32.1. The van der Waals surface area contributed by atoms with E-state index in [0.29, 0.717) is 12.5 Å². The third-order valence-electron chi connectivity index (χ3n) is 2.98. The van der Waals surface area contributed by atoms with Gasteiger partial charge < -0.3 is 5.32 Å². The zero-order valence-electron chi connectivity index (χ0n) is 11.5. The first-order valence-electron chi connectivity index (χ1n) is 6.37. The van der Waals surface area contributed by atoms with E-state index in [9.17, 15) is 4.79 Å². The number of carbonyl (C=O) groups excluding carboxylic acids is 1. The van der Waals surface area contributed by atoms with Crippen LogP contribution in [0.5, 0.6) is 0 Å². The number of nitrogens with zero attached hydrogens (tertiary/aromatic N) is 2. The van der Waals surface area contributed by atoms with Gasteiger partial charge in [0.1, 0.15) is 0 Å². The largest absolute Gasteiger partial charge is 0.352 e. The van der Waals surface area contributed by atoms with E-state index < -0.39 is 0 Å². The summed E-state index contributed by atoms with van der Waals surface area (Å²) in [5.41, 5.74) is 2.93. The van der Waals surface area contributed by atoms with Crippen LogP contribution in [0.3, 0.4) is 0 Å². The summed E-state index contributed by atoms with van der Waals surface area (Å²) < 4.78 is 2.00. The van der Waals surface area contributed by atoms with E-state index in [-0.39, 0.29) is 5.91 Å². The standard InChI is InChI=1S/C14H19N3OS/c1-10(8-17-12(3)6-11(2)16-17)7-15-14(18)13-4-5-19-9-13/h4-6,9-10H,7-8H2,1-3H3,(H,15,18). The average Bonchev–Trinajstić information content (AvgIpc) is 2.97. The van der Waals surface area contributed by atoms with Gasteiger partial charge in [0.2, 0.25) is 0 Å². The van der Waals surface area contributed by atoms with E-state index in [1.54, 1.807) is 0 Å². The topological polar surface area (TPSA) is 46.9 Å². The molecule has 0 aromatic carbocycles. The van der Waals surface area contributed by atoms with Crippen LogP contribution in [-0.2, 0) is 6.54 Å².